The van der Waals surface area contributed by atoms with E-state index in [-0.39, 0.29) is 5.91 Å². The quantitative estimate of drug-likeness (QED) is 0.836. The van der Waals surface area contributed by atoms with Crippen LogP contribution in [-0.2, 0) is 12.8 Å². The molecule has 0 spiro atoms. The fraction of sp³-hybridized carbons (Fsp3) is 0.688. The summed E-state index contributed by atoms with van der Waals surface area (Å²) in [5, 5.41) is 0. The van der Waals surface area contributed by atoms with E-state index in [0.717, 1.165) is 37.0 Å². The summed E-state index contributed by atoms with van der Waals surface area (Å²) in [7, 11) is 2.12. The van der Waals surface area contributed by atoms with Gasteiger partial charge in [0.05, 0.1) is 4.88 Å². The van der Waals surface area contributed by atoms with Crippen molar-refractivity contribution in [2.75, 3.05) is 33.2 Å². The van der Waals surface area contributed by atoms with Gasteiger partial charge >= 0.3 is 0 Å². The summed E-state index contributed by atoms with van der Waals surface area (Å²) in [6.07, 6.45) is 4.91. The van der Waals surface area contributed by atoms with Gasteiger partial charge in [0.1, 0.15) is 0 Å². The van der Waals surface area contributed by atoms with Crippen molar-refractivity contribution in [2.45, 2.75) is 32.6 Å². The van der Waals surface area contributed by atoms with Crippen molar-refractivity contribution in [1.82, 2.24) is 9.80 Å². The van der Waals surface area contributed by atoms with E-state index in [1.807, 2.05) is 4.90 Å². The zero-order valence-electron chi connectivity index (χ0n) is 12.5. The molecule has 1 fully saturated rings. The van der Waals surface area contributed by atoms with Crippen molar-refractivity contribution in [3.05, 3.63) is 21.4 Å². The number of piperazine rings is 1. The Bertz CT molecular complexity index is 489. The van der Waals surface area contributed by atoms with Gasteiger partial charge in [0.2, 0.25) is 0 Å². The number of likely N-dealkylation sites (N-methyl/N-ethyl adjacent to an activating group) is 1. The minimum atomic E-state index is 0.255. The molecule has 20 heavy (non-hydrogen) atoms. The molecule has 1 aliphatic heterocycles. The van der Waals surface area contributed by atoms with Gasteiger partial charge in [-0.15, -0.1) is 11.3 Å². The van der Waals surface area contributed by atoms with Crippen LogP contribution in [0, 0.1) is 5.92 Å². The second-order valence-electron chi connectivity index (χ2n) is 6.17. The first-order valence-corrected chi connectivity index (χ1v) is 8.58. The molecule has 110 valence electrons. The van der Waals surface area contributed by atoms with Gasteiger partial charge in [-0.1, -0.05) is 13.3 Å². The Balaban J connectivity index is 1.72. The number of fused-ring (bicyclic) bond motifs is 1. The number of nitrogens with zero attached hydrogens (tertiary/aromatic N) is 2. The highest BCUT2D eigenvalue weighted by Crippen LogP contribution is 2.34. The molecule has 2 aliphatic rings. The van der Waals surface area contributed by atoms with E-state index in [0.29, 0.717) is 0 Å². The van der Waals surface area contributed by atoms with Crippen LogP contribution in [0.2, 0.25) is 0 Å². The maximum atomic E-state index is 12.6. The number of carbonyl (C=O) groups is 1. The molecule has 1 aromatic heterocycles. The lowest BCUT2D eigenvalue weighted by Gasteiger charge is -2.32. The number of hydrogen-bond acceptors (Lipinski definition) is 3. The predicted octanol–water partition coefficient (Wildman–Crippen LogP) is 2.65. The van der Waals surface area contributed by atoms with Crippen LogP contribution >= 0.6 is 11.3 Å². The molecule has 0 N–H and O–H groups in total. The average molecular weight is 292 g/mol. The molecule has 1 amide bonds. The zero-order valence-corrected chi connectivity index (χ0v) is 13.3. The molecule has 0 bridgehead atoms. The number of amides is 1. The van der Waals surface area contributed by atoms with Crippen LogP contribution in [0.25, 0.3) is 0 Å². The second kappa shape index (κ2) is 5.86. The first-order valence-electron chi connectivity index (χ1n) is 7.76. The first kappa shape index (κ1) is 14.1. The highest BCUT2D eigenvalue weighted by atomic mass is 32.1. The lowest BCUT2D eigenvalue weighted by atomic mass is 9.87. The minimum Gasteiger partial charge on any atom is -0.335 e. The van der Waals surface area contributed by atoms with Crippen molar-refractivity contribution in [3.63, 3.8) is 0 Å². The van der Waals surface area contributed by atoms with Crippen LogP contribution in [0.4, 0.5) is 0 Å². The molecule has 3 nitrogen and oxygen atoms in total. The Hall–Kier alpha value is -0.870. The van der Waals surface area contributed by atoms with Crippen LogP contribution in [0.15, 0.2) is 6.07 Å². The fourth-order valence-corrected chi connectivity index (χ4v) is 4.39. The molecule has 0 radical (unpaired) electrons. The van der Waals surface area contributed by atoms with Gasteiger partial charge in [0.15, 0.2) is 0 Å². The predicted molar refractivity (Wildman–Crippen MR) is 83.5 cm³/mol. The third-order valence-corrected chi connectivity index (χ3v) is 5.99. The molecular formula is C16H24N2OS. The van der Waals surface area contributed by atoms with Crippen LogP contribution in [0.5, 0.6) is 0 Å². The Morgan fingerprint density at radius 1 is 1.35 bits per heavy atom. The third kappa shape index (κ3) is 2.77. The van der Waals surface area contributed by atoms with Crippen LogP contribution < -0.4 is 0 Å². The number of thiophene rings is 1. The van der Waals surface area contributed by atoms with Crippen molar-refractivity contribution >= 4 is 17.2 Å². The van der Waals surface area contributed by atoms with Crippen LogP contribution in [-0.4, -0.2) is 48.9 Å². The summed E-state index contributed by atoms with van der Waals surface area (Å²) in [4.78, 5) is 19.3. The maximum Gasteiger partial charge on any atom is 0.264 e. The molecule has 2 heterocycles. The van der Waals surface area contributed by atoms with Gasteiger partial charge in [-0.25, -0.2) is 0 Å². The third-order valence-electron chi connectivity index (χ3n) is 4.76. The smallest absolute Gasteiger partial charge is 0.264 e. The zero-order chi connectivity index (χ0) is 14.1. The van der Waals surface area contributed by atoms with E-state index in [2.05, 4.69) is 24.9 Å². The van der Waals surface area contributed by atoms with Crippen LogP contribution in [0.3, 0.4) is 0 Å². The summed E-state index contributed by atoms with van der Waals surface area (Å²) in [5.74, 6) is 1.08. The number of carbonyl (C=O) groups excluding carboxylic acids is 1. The molecular weight excluding hydrogens is 268 g/mol. The summed E-state index contributed by atoms with van der Waals surface area (Å²) in [6.45, 7) is 6.01. The summed E-state index contributed by atoms with van der Waals surface area (Å²) < 4.78 is 0. The normalized spacial score (nSPS) is 23.7. The van der Waals surface area contributed by atoms with E-state index in [1.54, 1.807) is 11.3 Å². The van der Waals surface area contributed by atoms with E-state index < -0.39 is 0 Å². The summed E-state index contributed by atoms with van der Waals surface area (Å²) >= 11 is 1.75. The van der Waals surface area contributed by atoms with E-state index in [9.17, 15) is 4.79 Å². The molecule has 1 atom stereocenters. The van der Waals surface area contributed by atoms with E-state index >= 15 is 0 Å². The Kier molecular flexibility index (Phi) is 4.13. The largest absolute Gasteiger partial charge is 0.335 e. The standard InChI is InChI=1S/C16H24N2OS/c1-3-12-4-5-14-13(10-12)11-15(20-14)16(19)18-8-6-17(2)7-9-18/h11-12H,3-10H2,1-2H3/t12-/m1/s1. The molecule has 3 rings (SSSR count). The van der Waals surface area contributed by atoms with Gasteiger partial charge in [0.25, 0.3) is 5.91 Å². The van der Waals surface area contributed by atoms with Gasteiger partial charge in [-0.3, -0.25) is 4.79 Å². The highest BCUT2D eigenvalue weighted by Gasteiger charge is 2.25. The Labute approximate surface area is 125 Å². The Morgan fingerprint density at radius 2 is 2.10 bits per heavy atom. The molecule has 1 aliphatic carbocycles. The number of aryl methyl sites for hydroxylation is 1. The number of rotatable bonds is 2. The van der Waals surface area contributed by atoms with Crippen LogP contribution in [0.1, 0.15) is 39.9 Å². The summed E-state index contributed by atoms with van der Waals surface area (Å²) in [5.41, 5.74) is 1.45. The van der Waals surface area contributed by atoms with E-state index in [1.165, 1.54) is 36.1 Å². The van der Waals surface area contributed by atoms with Crippen molar-refractivity contribution in [1.29, 1.82) is 0 Å². The molecule has 4 heteroatoms. The van der Waals surface area contributed by atoms with Crippen molar-refractivity contribution in [3.8, 4) is 0 Å². The van der Waals surface area contributed by atoms with E-state index in [4.69, 9.17) is 0 Å². The summed E-state index contributed by atoms with van der Waals surface area (Å²) in [6, 6.07) is 2.18. The monoisotopic (exact) mass is 292 g/mol. The average Bonchev–Trinajstić information content (AvgIpc) is 2.90. The van der Waals surface area contributed by atoms with Gasteiger partial charge in [-0.05, 0) is 43.9 Å². The highest BCUT2D eigenvalue weighted by molar-refractivity contribution is 7.14. The Morgan fingerprint density at radius 3 is 2.80 bits per heavy atom. The second-order valence-corrected chi connectivity index (χ2v) is 7.31. The van der Waals surface area contributed by atoms with Crippen molar-refractivity contribution < 1.29 is 4.79 Å². The van der Waals surface area contributed by atoms with Crippen molar-refractivity contribution in [2.24, 2.45) is 5.92 Å². The fourth-order valence-electron chi connectivity index (χ4n) is 3.22. The SMILES string of the molecule is CC[C@@H]1CCc2sc(C(=O)N3CCN(C)CC3)cc2C1. The lowest BCUT2D eigenvalue weighted by molar-refractivity contribution is 0.0669. The maximum absolute atomic E-state index is 12.6. The molecule has 1 aromatic rings. The molecule has 0 unspecified atom stereocenters. The van der Waals surface area contributed by atoms with Gasteiger partial charge < -0.3 is 9.80 Å². The lowest BCUT2D eigenvalue weighted by Crippen LogP contribution is -2.46. The topological polar surface area (TPSA) is 23.6 Å². The molecule has 1 saturated heterocycles. The molecule has 0 aromatic carbocycles. The molecule has 0 saturated carbocycles. The van der Waals surface area contributed by atoms with Gasteiger partial charge in [0, 0.05) is 31.1 Å². The number of hydrogen-bond donors (Lipinski definition) is 0. The van der Waals surface area contributed by atoms with Gasteiger partial charge in [-0.2, -0.15) is 0 Å². The first-order chi connectivity index (χ1) is 9.67. The minimum absolute atomic E-state index is 0.255.